The fraction of sp³-hybridized carbons (Fsp3) is 0.571. The Kier molecular flexibility index (Phi) is 6.00. The van der Waals surface area contributed by atoms with Crippen molar-refractivity contribution in [3.8, 4) is 0 Å². The molecule has 100 valence electrons. The highest BCUT2D eigenvalue weighted by Crippen LogP contribution is 2.18. The number of nitrogens with zero attached hydrogens (tertiary/aromatic N) is 1. The Balaban J connectivity index is 1.69. The minimum atomic E-state index is 0.892. The molecule has 0 aromatic heterocycles. The summed E-state index contributed by atoms with van der Waals surface area (Å²) < 4.78 is 5.35. The van der Waals surface area contributed by atoms with Crippen LogP contribution in [0, 0.1) is 0 Å². The van der Waals surface area contributed by atoms with Crippen LogP contribution in [0.4, 0.5) is 0 Å². The SMILES string of the molecule is CNCc1ccc(SCCN2CCOCC2)cc1. The molecule has 0 amide bonds. The highest BCUT2D eigenvalue weighted by Gasteiger charge is 2.09. The summed E-state index contributed by atoms with van der Waals surface area (Å²) in [6.07, 6.45) is 0. The van der Waals surface area contributed by atoms with Gasteiger partial charge in [-0.2, -0.15) is 0 Å². The molecule has 0 unspecified atom stereocenters. The van der Waals surface area contributed by atoms with Crippen LogP contribution >= 0.6 is 11.8 Å². The van der Waals surface area contributed by atoms with Crippen molar-refractivity contribution in [1.82, 2.24) is 10.2 Å². The zero-order valence-corrected chi connectivity index (χ0v) is 11.8. The smallest absolute Gasteiger partial charge is 0.0594 e. The minimum absolute atomic E-state index is 0.892. The summed E-state index contributed by atoms with van der Waals surface area (Å²) in [6, 6.07) is 8.84. The number of hydrogen-bond acceptors (Lipinski definition) is 4. The molecule has 4 heteroatoms. The number of morpholine rings is 1. The molecule has 0 saturated carbocycles. The Morgan fingerprint density at radius 3 is 2.61 bits per heavy atom. The number of ether oxygens (including phenoxy) is 1. The van der Waals surface area contributed by atoms with Gasteiger partial charge in [-0.3, -0.25) is 4.90 Å². The Bertz CT molecular complexity index is 336. The van der Waals surface area contributed by atoms with Gasteiger partial charge < -0.3 is 10.1 Å². The molecule has 2 rings (SSSR count). The van der Waals surface area contributed by atoms with Crippen molar-refractivity contribution in [2.75, 3.05) is 45.6 Å². The first kappa shape index (κ1) is 13.9. The van der Waals surface area contributed by atoms with Gasteiger partial charge in [-0.1, -0.05) is 12.1 Å². The molecule has 1 saturated heterocycles. The maximum Gasteiger partial charge on any atom is 0.0594 e. The molecular weight excluding hydrogens is 244 g/mol. The van der Waals surface area contributed by atoms with E-state index in [9.17, 15) is 0 Å². The largest absolute Gasteiger partial charge is 0.379 e. The van der Waals surface area contributed by atoms with E-state index in [4.69, 9.17) is 4.74 Å². The summed E-state index contributed by atoms with van der Waals surface area (Å²) in [5, 5.41) is 3.16. The molecule has 1 N–H and O–H groups in total. The molecule has 1 fully saturated rings. The molecule has 1 aromatic rings. The summed E-state index contributed by atoms with van der Waals surface area (Å²) in [4.78, 5) is 3.84. The van der Waals surface area contributed by atoms with Crippen LogP contribution in [-0.2, 0) is 11.3 Å². The van der Waals surface area contributed by atoms with E-state index in [2.05, 4.69) is 34.5 Å². The summed E-state index contributed by atoms with van der Waals surface area (Å²) in [6.45, 7) is 6.06. The van der Waals surface area contributed by atoms with Crippen LogP contribution in [0.1, 0.15) is 5.56 Å². The molecule has 3 nitrogen and oxygen atoms in total. The maximum absolute atomic E-state index is 5.35. The summed E-state index contributed by atoms with van der Waals surface area (Å²) in [5.41, 5.74) is 1.34. The Morgan fingerprint density at radius 2 is 1.94 bits per heavy atom. The van der Waals surface area contributed by atoms with E-state index in [1.807, 2.05) is 18.8 Å². The third kappa shape index (κ3) is 4.61. The first-order valence-electron chi connectivity index (χ1n) is 6.55. The summed E-state index contributed by atoms with van der Waals surface area (Å²) >= 11 is 1.94. The van der Waals surface area contributed by atoms with Crippen LogP contribution in [-0.4, -0.2) is 50.5 Å². The summed E-state index contributed by atoms with van der Waals surface area (Å²) in [5.74, 6) is 1.16. The molecule has 1 aromatic carbocycles. The van der Waals surface area contributed by atoms with E-state index >= 15 is 0 Å². The van der Waals surface area contributed by atoms with Crippen molar-refractivity contribution in [2.24, 2.45) is 0 Å². The van der Waals surface area contributed by atoms with E-state index in [0.29, 0.717) is 0 Å². The van der Waals surface area contributed by atoms with E-state index in [0.717, 1.165) is 45.1 Å². The van der Waals surface area contributed by atoms with Crippen LogP contribution in [0.5, 0.6) is 0 Å². The number of rotatable bonds is 6. The standard InChI is InChI=1S/C14H22N2OS/c1-15-12-13-2-4-14(5-3-13)18-11-8-16-6-9-17-10-7-16/h2-5,15H,6-12H2,1H3. The topological polar surface area (TPSA) is 24.5 Å². The van der Waals surface area contributed by atoms with Crippen molar-refractivity contribution >= 4 is 11.8 Å². The lowest BCUT2D eigenvalue weighted by molar-refractivity contribution is 0.0410. The second-order valence-corrected chi connectivity index (χ2v) is 5.65. The fourth-order valence-electron chi connectivity index (χ4n) is 2.03. The molecule has 1 aliphatic rings. The van der Waals surface area contributed by atoms with Gasteiger partial charge in [0.25, 0.3) is 0 Å². The Labute approximate surface area is 114 Å². The number of benzene rings is 1. The quantitative estimate of drug-likeness (QED) is 0.794. The maximum atomic E-state index is 5.35. The predicted molar refractivity (Wildman–Crippen MR) is 77.2 cm³/mol. The number of thioether (sulfide) groups is 1. The molecule has 0 bridgehead atoms. The van der Waals surface area contributed by atoms with E-state index < -0.39 is 0 Å². The van der Waals surface area contributed by atoms with Gasteiger partial charge in [-0.25, -0.2) is 0 Å². The van der Waals surface area contributed by atoms with Crippen LogP contribution in [0.3, 0.4) is 0 Å². The highest BCUT2D eigenvalue weighted by atomic mass is 32.2. The zero-order chi connectivity index (χ0) is 12.6. The van der Waals surface area contributed by atoms with Crippen LogP contribution in [0.25, 0.3) is 0 Å². The lowest BCUT2D eigenvalue weighted by atomic mass is 10.2. The second-order valence-electron chi connectivity index (χ2n) is 4.48. The average Bonchev–Trinajstić information content (AvgIpc) is 2.42. The average molecular weight is 266 g/mol. The minimum Gasteiger partial charge on any atom is -0.379 e. The lowest BCUT2D eigenvalue weighted by Gasteiger charge is -2.26. The van der Waals surface area contributed by atoms with Crippen LogP contribution in [0.2, 0.25) is 0 Å². The van der Waals surface area contributed by atoms with Crippen molar-refractivity contribution in [1.29, 1.82) is 0 Å². The molecule has 1 aliphatic heterocycles. The Hall–Kier alpha value is -0.550. The molecule has 0 aliphatic carbocycles. The lowest BCUT2D eigenvalue weighted by Crippen LogP contribution is -2.37. The normalized spacial score (nSPS) is 16.9. The highest BCUT2D eigenvalue weighted by molar-refractivity contribution is 7.99. The van der Waals surface area contributed by atoms with Crippen LogP contribution < -0.4 is 5.32 Å². The van der Waals surface area contributed by atoms with Gasteiger partial charge in [0.15, 0.2) is 0 Å². The van der Waals surface area contributed by atoms with Gasteiger partial charge in [0, 0.05) is 36.8 Å². The van der Waals surface area contributed by atoms with Gasteiger partial charge in [0.05, 0.1) is 13.2 Å². The monoisotopic (exact) mass is 266 g/mol. The third-order valence-corrected chi connectivity index (χ3v) is 4.08. The molecule has 0 radical (unpaired) electrons. The van der Waals surface area contributed by atoms with Gasteiger partial charge in [0.2, 0.25) is 0 Å². The van der Waals surface area contributed by atoms with Crippen LogP contribution in [0.15, 0.2) is 29.2 Å². The third-order valence-electron chi connectivity index (χ3n) is 3.08. The molecule has 18 heavy (non-hydrogen) atoms. The van der Waals surface area contributed by atoms with E-state index in [1.165, 1.54) is 10.5 Å². The van der Waals surface area contributed by atoms with E-state index in [1.54, 1.807) is 0 Å². The molecule has 0 atom stereocenters. The van der Waals surface area contributed by atoms with Gasteiger partial charge >= 0.3 is 0 Å². The van der Waals surface area contributed by atoms with Crippen molar-refractivity contribution < 1.29 is 4.74 Å². The molecule has 0 spiro atoms. The predicted octanol–water partition coefficient (Wildman–Crippen LogP) is 1.83. The van der Waals surface area contributed by atoms with Gasteiger partial charge in [-0.05, 0) is 24.7 Å². The first-order valence-corrected chi connectivity index (χ1v) is 7.53. The van der Waals surface area contributed by atoms with Crippen molar-refractivity contribution in [3.05, 3.63) is 29.8 Å². The number of nitrogens with one attached hydrogen (secondary N) is 1. The first-order chi connectivity index (χ1) is 8.88. The van der Waals surface area contributed by atoms with Crippen molar-refractivity contribution in [3.63, 3.8) is 0 Å². The van der Waals surface area contributed by atoms with Crippen molar-refractivity contribution in [2.45, 2.75) is 11.4 Å². The fourth-order valence-corrected chi connectivity index (χ4v) is 2.94. The number of hydrogen-bond donors (Lipinski definition) is 1. The zero-order valence-electron chi connectivity index (χ0n) is 11.0. The Morgan fingerprint density at radius 1 is 1.22 bits per heavy atom. The summed E-state index contributed by atoms with van der Waals surface area (Å²) in [7, 11) is 1.98. The molecule has 1 heterocycles. The second kappa shape index (κ2) is 7.79. The van der Waals surface area contributed by atoms with E-state index in [-0.39, 0.29) is 0 Å². The van der Waals surface area contributed by atoms with Gasteiger partial charge in [0.1, 0.15) is 0 Å². The van der Waals surface area contributed by atoms with Gasteiger partial charge in [-0.15, -0.1) is 11.8 Å². The molecular formula is C14H22N2OS.